The van der Waals surface area contributed by atoms with E-state index in [1.54, 1.807) is 13.8 Å². The van der Waals surface area contributed by atoms with Crippen molar-refractivity contribution >= 4 is 31.9 Å². The summed E-state index contributed by atoms with van der Waals surface area (Å²) in [7, 11) is 0. The molecular formula is C16H15Br2F. The highest BCUT2D eigenvalue weighted by Gasteiger charge is 2.16. The Morgan fingerprint density at radius 2 is 1.58 bits per heavy atom. The summed E-state index contributed by atoms with van der Waals surface area (Å²) in [6, 6.07) is 9.97. The molecule has 0 aliphatic heterocycles. The van der Waals surface area contributed by atoms with Gasteiger partial charge in [-0.3, -0.25) is 0 Å². The zero-order chi connectivity index (χ0) is 14.2. The maximum atomic E-state index is 13.7. The summed E-state index contributed by atoms with van der Waals surface area (Å²) >= 11 is 7.35. The van der Waals surface area contributed by atoms with Crippen LogP contribution in [0.25, 0.3) is 0 Å². The third-order valence-electron chi connectivity index (χ3n) is 3.25. The molecule has 0 aliphatic carbocycles. The van der Waals surface area contributed by atoms with Gasteiger partial charge in [-0.05, 0) is 48.6 Å². The normalized spacial score (nSPS) is 12.5. The molecule has 0 fully saturated rings. The van der Waals surface area contributed by atoms with Gasteiger partial charge in [0.1, 0.15) is 5.82 Å². The molecule has 0 aliphatic rings. The molecule has 3 heteroatoms. The van der Waals surface area contributed by atoms with Crippen molar-refractivity contribution in [3.05, 3.63) is 68.4 Å². The predicted molar refractivity (Wildman–Crippen MR) is 85.5 cm³/mol. The van der Waals surface area contributed by atoms with Crippen LogP contribution >= 0.6 is 31.9 Å². The second-order valence-electron chi connectivity index (χ2n) is 4.81. The zero-order valence-electron chi connectivity index (χ0n) is 11.1. The molecule has 0 aromatic heterocycles. The molecule has 2 rings (SSSR count). The van der Waals surface area contributed by atoms with Gasteiger partial charge in [0.25, 0.3) is 0 Å². The highest BCUT2D eigenvalue weighted by atomic mass is 79.9. The minimum absolute atomic E-state index is 0.0553. The van der Waals surface area contributed by atoms with Crippen LogP contribution in [0.2, 0.25) is 0 Å². The summed E-state index contributed by atoms with van der Waals surface area (Å²) < 4.78 is 14.8. The first-order valence-corrected chi connectivity index (χ1v) is 7.78. The SMILES string of the molecule is Cc1cc(C(Br)c2cccc(C)c2Br)cc(C)c1F. The van der Waals surface area contributed by atoms with Crippen molar-refractivity contribution in [2.45, 2.75) is 25.6 Å². The summed E-state index contributed by atoms with van der Waals surface area (Å²) in [6.45, 7) is 5.67. The second kappa shape index (κ2) is 5.76. The molecule has 1 unspecified atom stereocenters. The quantitative estimate of drug-likeness (QED) is 0.556. The summed E-state index contributed by atoms with van der Waals surface area (Å²) in [5.74, 6) is -0.119. The highest BCUT2D eigenvalue weighted by Crippen LogP contribution is 2.37. The van der Waals surface area contributed by atoms with Crippen molar-refractivity contribution in [2.75, 3.05) is 0 Å². The van der Waals surface area contributed by atoms with Gasteiger partial charge < -0.3 is 0 Å². The molecule has 100 valence electrons. The van der Waals surface area contributed by atoms with E-state index in [0.29, 0.717) is 11.1 Å². The summed E-state index contributed by atoms with van der Waals surface area (Å²) in [5.41, 5.74) is 4.79. The average Bonchev–Trinajstić information content (AvgIpc) is 2.38. The minimum Gasteiger partial charge on any atom is -0.206 e. The average molecular weight is 386 g/mol. The lowest BCUT2D eigenvalue weighted by Gasteiger charge is -2.16. The van der Waals surface area contributed by atoms with Crippen LogP contribution in [0.3, 0.4) is 0 Å². The number of halogens is 3. The Bertz CT molecular complexity index is 597. The van der Waals surface area contributed by atoms with E-state index in [0.717, 1.165) is 15.6 Å². The van der Waals surface area contributed by atoms with E-state index in [-0.39, 0.29) is 10.6 Å². The maximum absolute atomic E-state index is 13.7. The number of alkyl halides is 1. The monoisotopic (exact) mass is 384 g/mol. The molecule has 19 heavy (non-hydrogen) atoms. The van der Waals surface area contributed by atoms with Crippen molar-refractivity contribution < 1.29 is 4.39 Å². The van der Waals surface area contributed by atoms with E-state index in [1.807, 2.05) is 18.2 Å². The fourth-order valence-corrected chi connectivity index (χ4v) is 3.62. The third-order valence-corrected chi connectivity index (χ3v) is 5.35. The summed E-state index contributed by atoms with van der Waals surface area (Å²) in [4.78, 5) is 0.0553. The first-order valence-electron chi connectivity index (χ1n) is 6.07. The number of hydrogen-bond donors (Lipinski definition) is 0. The molecule has 0 amide bonds. The van der Waals surface area contributed by atoms with Crippen LogP contribution in [-0.2, 0) is 0 Å². The molecule has 0 heterocycles. The second-order valence-corrected chi connectivity index (χ2v) is 6.52. The smallest absolute Gasteiger partial charge is 0.129 e. The van der Waals surface area contributed by atoms with Crippen molar-refractivity contribution in [1.29, 1.82) is 0 Å². The minimum atomic E-state index is -0.119. The molecular weight excluding hydrogens is 371 g/mol. The topological polar surface area (TPSA) is 0 Å². The maximum Gasteiger partial charge on any atom is 0.129 e. The largest absolute Gasteiger partial charge is 0.206 e. The van der Waals surface area contributed by atoms with Crippen LogP contribution in [0.15, 0.2) is 34.8 Å². The molecule has 0 radical (unpaired) electrons. The molecule has 2 aromatic rings. The zero-order valence-corrected chi connectivity index (χ0v) is 14.3. The van der Waals surface area contributed by atoms with Gasteiger partial charge in [-0.1, -0.05) is 62.2 Å². The van der Waals surface area contributed by atoms with E-state index in [4.69, 9.17) is 0 Å². The van der Waals surface area contributed by atoms with Gasteiger partial charge in [0.05, 0.1) is 4.83 Å². The lowest BCUT2D eigenvalue weighted by Crippen LogP contribution is -1.99. The molecule has 0 saturated carbocycles. The van der Waals surface area contributed by atoms with Gasteiger partial charge in [-0.2, -0.15) is 0 Å². The van der Waals surface area contributed by atoms with E-state index in [1.165, 1.54) is 5.56 Å². The fraction of sp³-hybridized carbons (Fsp3) is 0.250. The number of rotatable bonds is 2. The van der Waals surface area contributed by atoms with Crippen molar-refractivity contribution in [3.8, 4) is 0 Å². The molecule has 0 bridgehead atoms. The number of hydrogen-bond acceptors (Lipinski definition) is 0. The molecule has 0 spiro atoms. The molecule has 0 nitrogen and oxygen atoms in total. The van der Waals surface area contributed by atoms with Crippen LogP contribution in [0.1, 0.15) is 32.6 Å². The van der Waals surface area contributed by atoms with Crippen molar-refractivity contribution in [3.63, 3.8) is 0 Å². The number of benzene rings is 2. The molecule has 0 N–H and O–H groups in total. The van der Waals surface area contributed by atoms with Gasteiger partial charge >= 0.3 is 0 Å². The highest BCUT2D eigenvalue weighted by molar-refractivity contribution is 9.11. The van der Waals surface area contributed by atoms with Gasteiger partial charge in [0, 0.05) is 4.47 Å². The Labute approximate surface area is 130 Å². The van der Waals surface area contributed by atoms with E-state index in [9.17, 15) is 4.39 Å². The lowest BCUT2D eigenvalue weighted by atomic mass is 9.99. The van der Waals surface area contributed by atoms with Gasteiger partial charge in [0.2, 0.25) is 0 Å². The van der Waals surface area contributed by atoms with Crippen molar-refractivity contribution in [1.82, 2.24) is 0 Å². The predicted octanol–water partition coefficient (Wildman–Crippen LogP) is 6.00. The Kier molecular flexibility index (Phi) is 4.46. The summed E-state index contributed by atoms with van der Waals surface area (Å²) in [5, 5.41) is 0. The van der Waals surface area contributed by atoms with E-state index in [2.05, 4.69) is 50.9 Å². The first kappa shape index (κ1) is 14.7. The number of aryl methyl sites for hydroxylation is 3. The van der Waals surface area contributed by atoms with Gasteiger partial charge in [0.15, 0.2) is 0 Å². The molecule has 0 saturated heterocycles. The van der Waals surface area contributed by atoms with Crippen LogP contribution in [-0.4, -0.2) is 0 Å². The van der Waals surface area contributed by atoms with Gasteiger partial charge in [-0.25, -0.2) is 4.39 Å². The Morgan fingerprint density at radius 1 is 1.00 bits per heavy atom. The van der Waals surface area contributed by atoms with Gasteiger partial charge in [-0.15, -0.1) is 0 Å². The standard InChI is InChI=1S/C16H15Br2F/c1-9-5-4-6-13(14(9)17)15(18)12-7-10(2)16(19)11(3)8-12/h4-8,15H,1-3H3. The molecule has 2 aromatic carbocycles. The van der Waals surface area contributed by atoms with E-state index >= 15 is 0 Å². The lowest BCUT2D eigenvalue weighted by molar-refractivity contribution is 0.608. The Balaban J connectivity index is 2.50. The van der Waals surface area contributed by atoms with Crippen LogP contribution in [0.5, 0.6) is 0 Å². The summed E-state index contributed by atoms with van der Waals surface area (Å²) in [6.07, 6.45) is 0. The Morgan fingerprint density at radius 3 is 2.16 bits per heavy atom. The fourth-order valence-electron chi connectivity index (χ4n) is 2.17. The first-order chi connectivity index (χ1) is 8.91. The third kappa shape index (κ3) is 2.92. The van der Waals surface area contributed by atoms with Crippen LogP contribution in [0.4, 0.5) is 4.39 Å². The Hall–Kier alpha value is -0.670. The van der Waals surface area contributed by atoms with E-state index < -0.39 is 0 Å². The van der Waals surface area contributed by atoms with Crippen LogP contribution in [0, 0.1) is 26.6 Å². The van der Waals surface area contributed by atoms with Crippen LogP contribution < -0.4 is 0 Å². The van der Waals surface area contributed by atoms with Crippen molar-refractivity contribution in [2.24, 2.45) is 0 Å². The molecule has 1 atom stereocenters.